The molecule has 4 rings (SSSR count). The molecule has 1 aromatic carbocycles. The van der Waals surface area contributed by atoms with Crippen LogP contribution in [0.5, 0.6) is 0 Å². The minimum Gasteiger partial charge on any atom is -0.455 e. The fourth-order valence-electron chi connectivity index (χ4n) is 6.79. The molecule has 2 N–H and O–H groups in total. The van der Waals surface area contributed by atoms with E-state index in [4.69, 9.17) is 9.47 Å². The average molecular weight is 675 g/mol. The third-order valence-electron chi connectivity index (χ3n) is 8.85. The van der Waals surface area contributed by atoms with Crippen molar-refractivity contribution in [3.63, 3.8) is 0 Å². The van der Waals surface area contributed by atoms with Crippen molar-refractivity contribution in [2.75, 3.05) is 19.7 Å². The summed E-state index contributed by atoms with van der Waals surface area (Å²) in [5, 5.41) is 13.0. The van der Waals surface area contributed by atoms with Crippen molar-refractivity contribution >= 4 is 39.6 Å². The zero-order valence-electron chi connectivity index (χ0n) is 25.9. The first-order valence-corrected chi connectivity index (χ1v) is 16.0. The number of carbonyl (C=O) groups excluding carboxylic acids is 4. The molecule has 1 spiro atoms. The molecule has 3 aliphatic heterocycles. The van der Waals surface area contributed by atoms with Crippen LogP contribution in [0.25, 0.3) is 0 Å². The molecule has 3 aliphatic rings. The van der Waals surface area contributed by atoms with Crippen molar-refractivity contribution in [2.45, 2.75) is 87.2 Å². The lowest BCUT2D eigenvalue weighted by Crippen LogP contribution is -2.61. The molecule has 10 nitrogen and oxygen atoms in total. The van der Waals surface area contributed by atoms with Gasteiger partial charge in [-0.2, -0.15) is 0 Å². The number of aliphatic hydroxyl groups is 1. The van der Waals surface area contributed by atoms with Crippen LogP contribution in [-0.2, 0) is 28.7 Å². The molecular weight excluding hydrogens is 630 g/mol. The number of aliphatic hydroxyl groups excluding tert-OH is 1. The number of nitrogens with one attached hydrogen (secondary N) is 1. The highest BCUT2D eigenvalue weighted by atomic mass is 79.9. The number of fused-ring (bicyclic) bond motifs is 1. The number of nitrogens with zero attached hydrogens (tertiary/aromatic N) is 2. The SMILES string of the molecule is C=CCCC(=O)NC[C@H](OC(=O)[C@H]1[C@@H]2O[C@@]3(CC2Br)[C@@H]1C(=O)N([C@H](C)CO)[C@@H]3C(=O)N(CC=C)C(C)(C)C)c1ccccc1. The van der Waals surface area contributed by atoms with Gasteiger partial charge in [0.2, 0.25) is 17.7 Å². The van der Waals surface area contributed by atoms with Gasteiger partial charge >= 0.3 is 5.97 Å². The molecule has 3 fully saturated rings. The number of carbonyl (C=O) groups is 4. The van der Waals surface area contributed by atoms with Crippen LogP contribution >= 0.6 is 15.9 Å². The summed E-state index contributed by atoms with van der Waals surface area (Å²) in [6.07, 6.45) is 2.87. The van der Waals surface area contributed by atoms with Crippen LogP contribution in [0, 0.1) is 11.8 Å². The topological polar surface area (TPSA) is 125 Å². The number of hydrogen-bond donors (Lipinski definition) is 2. The van der Waals surface area contributed by atoms with Crippen LogP contribution in [0.1, 0.15) is 58.6 Å². The highest BCUT2D eigenvalue weighted by Crippen LogP contribution is 2.61. The first kappa shape index (κ1) is 33.9. The number of halogens is 1. The number of hydrogen-bond acceptors (Lipinski definition) is 7. The molecule has 0 saturated carbocycles. The lowest BCUT2D eigenvalue weighted by Gasteiger charge is -2.43. The summed E-state index contributed by atoms with van der Waals surface area (Å²) in [7, 11) is 0. The predicted octanol–water partition coefficient (Wildman–Crippen LogP) is 3.30. The van der Waals surface area contributed by atoms with Crippen molar-refractivity contribution in [2.24, 2.45) is 11.8 Å². The standard InChI is InChI=1S/C33H44BrN3O7/c1-7-9-15-24(39)35-18-23(21-13-11-10-12-14-21)43-31(42)25-26-29(40)37(20(3)19-38)28(33(26)17-22(34)27(25)44-33)30(41)36(16-8-2)32(4,5)6/h7-8,10-14,20,22-23,25-28,38H,1-2,9,15-19H2,3-6H3,(H,35,39)/t20-,22?,23+,25-,26+,27-,28-,33+/m1/s1. The number of benzene rings is 1. The van der Waals surface area contributed by atoms with E-state index in [2.05, 4.69) is 34.4 Å². The molecule has 1 unspecified atom stereocenters. The van der Waals surface area contributed by atoms with Gasteiger partial charge in [-0.05, 0) is 46.1 Å². The normalized spacial score (nSPS) is 28.6. The van der Waals surface area contributed by atoms with Gasteiger partial charge in [-0.1, -0.05) is 58.4 Å². The first-order chi connectivity index (χ1) is 20.8. The lowest BCUT2D eigenvalue weighted by molar-refractivity contribution is -0.161. The monoisotopic (exact) mass is 673 g/mol. The fraction of sp³-hybridized carbons (Fsp3) is 0.576. The number of ether oxygens (including phenoxy) is 2. The summed E-state index contributed by atoms with van der Waals surface area (Å²) in [4.78, 5) is 57.9. The van der Waals surface area contributed by atoms with Crippen LogP contribution in [0.4, 0.5) is 0 Å². The molecular formula is C33H44BrN3O7. The molecule has 0 aromatic heterocycles. The number of amides is 3. The Morgan fingerprint density at radius 1 is 1.25 bits per heavy atom. The Morgan fingerprint density at radius 2 is 1.93 bits per heavy atom. The van der Waals surface area contributed by atoms with E-state index in [-0.39, 0.29) is 42.8 Å². The smallest absolute Gasteiger partial charge is 0.313 e. The second kappa shape index (κ2) is 13.5. The first-order valence-electron chi connectivity index (χ1n) is 15.1. The minimum atomic E-state index is -1.30. The van der Waals surface area contributed by atoms with E-state index >= 15 is 0 Å². The minimum absolute atomic E-state index is 0.0440. The van der Waals surface area contributed by atoms with Crippen LogP contribution < -0.4 is 5.32 Å². The molecule has 44 heavy (non-hydrogen) atoms. The van der Waals surface area contributed by atoms with Crippen LogP contribution in [0.2, 0.25) is 0 Å². The maximum atomic E-state index is 14.4. The molecule has 11 heteroatoms. The van der Waals surface area contributed by atoms with E-state index in [1.807, 2.05) is 39.0 Å². The summed E-state index contributed by atoms with van der Waals surface area (Å²) in [6.45, 7) is 14.8. The van der Waals surface area contributed by atoms with Gasteiger partial charge in [0.05, 0.1) is 37.1 Å². The number of esters is 1. The Hall–Kier alpha value is -3.02. The molecule has 2 bridgehead atoms. The largest absolute Gasteiger partial charge is 0.455 e. The molecule has 0 radical (unpaired) electrons. The Labute approximate surface area is 267 Å². The van der Waals surface area contributed by atoms with E-state index in [0.717, 1.165) is 0 Å². The van der Waals surface area contributed by atoms with Gasteiger partial charge in [0.25, 0.3) is 0 Å². The number of likely N-dealkylation sites (tertiary alicyclic amines) is 1. The molecule has 3 amide bonds. The van der Waals surface area contributed by atoms with Gasteiger partial charge in [0.15, 0.2) is 0 Å². The van der Waals surface area contributed by atoms with Crippen molar-refractivity contribution in [3.05, 3.63) is 61.2 Å². The van der Waals surface area contributed by atoms with E-state index in [1.54, 1.807) is 36.1 Å². The van der Waals surface area contributed by atoms with Gasteiger partial charge in [-0.3, -0.25) is 19.2 Å². The Bertz CT molecular complexity index is 1270. The van der Waals surface area contributed by atoms with Gasteiger partial charge < -0.3 is 29.7 Å². The maximum absolute atomic E-state index is 14.4. The zero-order valence-corrected chi connectivity index (χ0v) is 27.5. The van der Waals surface area contributed by atoms with Gasteiger partial charge in [-0.25, -0.2) is 0 Å². The molecule has 3 heterocycles. The van der Waals surface area contributed by atoms with Gasteiger partial charge in [-0.15, -0.1) is 13.2 Å². The van der Waals surface area contributed by atoms with E-state index in [9.17, 15) is 24.3 Å². The molecule has 240 valence electrons. The van der Waals surface area contributed by atoms with Crippen LogP contribution in [0.3, 0.4) is 0 Å². The number of allylic oxidation sites excluding steroid dienone is 1. The Kier molecular flexibility index (Phi) is 10.4. The van der Waals surface area contributed by atoms with Crippen LogP contribution in [0.15, 0.2) is 55.6 Å². The summed E-state index contributed by atoms with van der Waals surface area (Å²) in [6, 6.07) is 7.33. The van der Waals surface area contributed by atoms with Crippen molar-refractivity contribution in [1.29, 1.82) is 0 Å². The number of alkyl halides is 1. The third kappa shape index (κ3) is 6.23. The molecule has 8 atom stereocenters. The highest BCUT2D eigenvalue weighted by Gasteiger charge is 2.77. The van der Waals surface area contributed by atoms with E-state index in [1.165, 1.54) is 4.90 Å². The van der Waals surface area contributed by atoms with Crippen LogP contribution in [-0.4, -0.2) is 92.4 Å². The molecule has 0 aliphatic carbocycles. The second-order valence-electron chi connectivity index (χ2n) is 12.8. The highest BCUT2D eigenvalue weighted by molar-refractivity contribution is 9.09. The Morgan fingerprint density at radius 3 is 2.52 bits per heavy atom. The molecule has 3 saturated heterocycles. The zero-order chi connectivity index (χ0) is 32.4. The molecule has 1 aromatic rings. The van der Waals surface area contributed by atoms with E-state index in [0.29, 0.717) is 18.4 Å². The van der Waals surface area contributed by atoms with Crippen molar-refractivity contribution in [1.82, 2.24) is 15.1 Å². The third-order valence-corrected chi connectivity index (χ3v) is 9.69. The Balaban J connectivity index is 1.69. The summed E-state index contributed by atoms with van der Waals surface area (Å²) in [5.74, 6) is -3.58. The predicted molar refractivity (Wildman–Crippen MR) is 168 cm³/mol. The number of rotatable bonds is 13. The summed E-state index contributed by atoms with van der Waals surface area (Å²) >= 11 is 3.68. The summed E-state index contributed by atoms with van der Waals surface area (Å²) < 4.78 is 12.7. The van der Waals surface area contributed by atoms with Gasteiger partial charge in [0.1, 0.15) is 17.7 Å². The van der Waals surface area contributed by atoms with Crippen molar-refractivity contribution < 1.29 is 33.8 Å². The average Bonchev–Trinajstić information content (AvgIpc) is 3.59. The second-order valence-corrected chi connectivity index (χ2v) is 14.0. The van der Waals surface area contributed by atoms with Gasteiger partial charge in [0, 0.05) is 23.3 Å². The fourth-order valence-corrected chi connectivity index (χ4v) is 7.73. The van der Waals surface area contributed by atoms with E-state index < -0.39 is 59.1 Å². The maximum Gasteiger partial charge on any atom is 0.313 e. The summed E-state index contributed by atoms with van der Waals surface area (Å²) in [5.41, 5.74) is -1.21. The van der Waals surface area contributed by atoms with Crippen molar-refractivity contribution in [3.8, 4) is 0 Å². The lowest BCUT2D eigenvalue weighted by atomic mass is 9.70. The quantitative estimate of drug-likeness (QED) is 0.187.